The Labute approximate surface area is 167 Å². The molecule has 0 aliphatic carbocycles. The van der Waals surface area contributed by atoms with Crippen molar-refractivity contribution in [1.29, 1.82) is 0 Å². The molecule has 0 saturated carbocycles. The van der Waals surface area contributed by atoms with Crippen LogP contribution < -0.4 is 0 Å². The van der Waals surface area contributed by atoms with E-state index in [0.717, 1.165) is 38.5 Å². The Morgan fingerprint density at radius 3 is 1.29 bits per heavy atom. The lowest BCUT2D eigenvalue weighted by Gasteiger charge is -2.05. The van der Waals surface area contributed by atoms with Crippen molar-refractivity contribution in [3.05, 3.63) is 23.3 Å². The third-order valence-electron chi connectivity index (χ3n) is 5.47. The minimum absolute atomic E-state index is 0.385. The van der Waals surface area contributed by atoms with Gasteiger partial charge >= 0.3 is 11.9 Å². The molecule has 6 nitrogen and oxygen atoms in total. The Hall–Kier alpha value is -1.66. The van der Waals surface area contributed by atoms with Crippen molar-refractivity contribution >= 4 is 11.9 Å². The fourth-order valence-corrected chi connectivity index (χ4v) is 3.62. The largest absolute Gasteiger partial charge is 0.456 e. The summed E-state index contributed by atoms with van der Waals surface area (Å²) in [5.74, 6) is -0.769. The molecule has 0 unspecified atom stereocenters. The second-order valence-electron chi connectivity index (χ2n) is 7.84. The fraction of sp³-hybridized carbons (Fsp3) is 0.727. The maximum Gasteiger partial charge on any atom is 0.336 e. The highest BCUT2D eigenvalue weighted by molar-refractivity contribution is 5.92. The van der Waals surface area contributed by atoms with E-state index in [1.807, 2.05) is 12.2 Å². The van der Waals surface area contributed by atoms with Gasteiger partial charge < -0.3 is 19.7 Å². The lowest BCUT2D eigenvalue weighted by molar-refractivity contribution is -0.139. The molecular weight excluding hydrogens is 360 g/mol. The molecule has 0 aromatic rings. The summed E-state index contributed by atoms with van der Waals surface area (Å²) in [7, 11) is 0. The van der Waals surface area contributed by atoms with Crippen LogP contribution in [-0.4, -0.2) is 46.6 Å². The molecule has 158 valence electrons. The first kappa shape index (κ1) is 22.6. The second-order valence-corrected chi connectivity index (χ2v) is 7.84. The van der Waals surface area contributed by atoms with Gasteiger partial charge in [-0.25, -0.2) is 9.59 Å². The summed E-state index contributed by atoms with van der Waals surface area (Å²) in [6.45, 7) is 3.40. The Morgan fingerprint density at radius 2 is 1.00 bits per heavy atom. The molecule has 0 amide bonds. The van der Waals surface area contributed by atoms with Gasteiger partial charge in [-0.2, -0.15) is 0 Å². The third kappa shape index (κ3) is 6.45. The quantitative estimate of drug-likeness (QED) is 0.317. The smallest absolute Gasteiger partial charge is 0.336 e. The number of cyclic esters (lactones) is 2. The van der Waals surface area contributed by atoms with Crippen molar-refractivity contribution in [2.45, 2.75) is 102 Å². The van der Waals surface area contributed by atoms with Crippen LogP contribution in [-0.2, 0) is 19.1 Å². The molecule has 0 aromatic heterocycles. The lowest BCUT2D eigenvalue weighted by atomic mass is 10.0. The highest BCUT2D eigenvalue weighted by Gasteiger charge is 2.35. The molecule has 2 saturated heterocycles. The van der Waals surface area contributed by atoms with Crippen LogP contribution in [0.3, 0.4) is 0 Å². The third-order valence-corrected chi connectivity index (χ3v) is 5.47. The number of aliphatic hydroxyl groups is 2. The maximum atomic E-state index is 11.5. The van der Waals surface area contributed by atoms with Crippen LogP contribution >= 0.6 is 0 Å². The Bertz CT molecular complexity index is 542. The van der Waals surface area contributed by atoms with Crippen molar-refractivity contribution in [2.75, 3.05) is 0 Å². The van der Waals surface area contributed by atoms with Gasteiger partial charge in [-0.05, 0) is 39.5 Å². The second kappa shape index (κ2) is 11.4. The van der Waals surface area contributed by atoms with E-state index in [1.54, 1.807) is 13.8 Å². The summed E-state index contributed by atoms with van der Waals surface area (Å²) < 4.78 is 9.97. The van der Waals surface area contributed by atoms with E-state index in [0.29, 0.717) is 11.1 Å². The van der Waals surface area contributed by atoms with Gasteiger partial charge in [0, 0.05) is 0 Å². The van der Waals surface area contributed by atoms with Gasteiger partial charge in [0.2, 0.25) is 0 Å². The summed E-state index contributed by atoms with van der Waals surface area (Å²) >= 11 is 0. The van der Waals surface area contributed by atoms with E-state index >= 15 is 0 Å². The lowest BCUT2D eigenvalue weighted by Crippen LogP contribution is -2.17. The molecular formula is C22H34O6. The summed E-state index contributed by atoms with van der Waals surface area (Å²) in [5.41, 5.74) is 0.825. The number of hydrogen-bond acceptors (Lipinski definition) is 6. The van der Waals surface area contributed by atoms with E-state index in [-0.39, 0.29) is 11.9 Å². The number of aliphatic hydroxyl groups excluding tert-OH is 2. The minimum Gasteiger partial charge on any atom is -0.456 e. The fourth-order valence-electron chi connectivity index (χ4n) is 3.62. The number of carbonyl (C=O) groups excluding carboxylic acids is 2. The van der Waals surface area contributed by atoms with Gasteiger partial charge in [-0.3, -0.25) is 0 Å². The van der Waals surface area contributed by atoms with Crippen LogP contribution in [0.4, 0.5) is 0 Å². The van der Waals surface area contributed by atoms with Gasteiger partial charge in [-0.15, -0.1) is 0 Å². The number of hydrogen-bond donors (Lipinski definition) is 2. The molecule has 4 atom stereocenters. The van der Waals surface area contributed by atoms with E-state index in [1.165, 1.54) is 25.7 Å². The predicted octanol–water partition coefficient (Wildman–Crippen LogP) is 3.35. The van der Waals surface area contributed by atoms with Gasteiger partial charge in [-0.1, -0.05) is 50.7 Å². The molecule has 0 aromatic carbocycles. The van der Waals surface area contributed by atoms with Crippen LogP contribution in [0.5, 0.6) is 0 Å². The Kier molecular flexibility index (Phi) is 9.19. The normalized spacial score (nSPS) is 30.3. The zero-order valence-corrected chi connectivity index (χ0v) is 17.1. The molecule has 6 heteroatoms. The zero-order valence-electron chi connectivity index (χ0n) is 17.1. The molecule has 2 aliphatic rings. The SMILES string of the molecule is C[C@@H]1OC(=O)/C(=C/CCCCCCCCCC/C=C2/C(=O)O[C@@H](C)[C@H]2O)[C@@H]1O. The van der Waals surface area contributed by atoms with Crippen molar-refractivity contribution in [2.24, 2.45) is 0 Å². The molecule has 0 radical (unpaired) electrons. The van der Waals surface area contributed by atoms with E-state index in [9.17, 15) is 19.8 Å². The number of carbonyl (C=O) groups is 2. The Morgan fingerprint density at radius 1 is 0.679 bits per heavy atom. The maximum absolute atomic E-state index is 11.5. The first-order valence-electron chi connectivity index (χ1n) is 10.6. The van der Waals surface area contributed by atoms with Crippen molar-refractivity contribution in [3.8, 4) is 0 Å². The molecule has 28 heavy (non-hydrogen) atoms. The van der Waals surface area contributed by atoms with Crippen LogP contribution in [0.25, 0.3) is 0 Å². The molecule has 0 bridgehead atoms. The number of unbranched alkanes of at least 4 members (excludes halogenated alkanes) is 9. The van der Waals surface area contributed by atoms with Crippen molar-refractivity contribution in [1.82, 2.24) is 0 Å². The highest BCUT2D eigenvalue weighted by atomic mass is 16.6. The molecule has 2 aliphatic heterocycles. The molecule has 0 spiro atoms. The average molecular weight is 395 g/mol. The first-order chi connectivity index (χ1) is 13.4. The first-order valence-corrected chi connectivity index (χ1v) is 10.6. The summed E-state index contributed by atoms with van der Waals surface area (Å²) in [5, 5.41) is 19.7. The minimum atomic E-state index is -0.783. The predicted molar refractivity (Wildman–Crippen MR) is 105 cm³/mol. The number of ether oxygens (including phenoxy) is 2. The van der Waals surface area contributed by atoms with Crippen LogP contribution in [0.2, 0.25) is 0 Å². The summed E-state index contributed by atoms with van der Waals surface area (Å²) in [6, 6.07) is 0. The van der Waals surface area contributed by atoms with Gasteiger partial charge in [0.05, 0.1) is 11.1 Å². The van der Waals surface area contributed by atoms with Gasteiger partial charge in [0.15, 0.2) is 0 Å². The standard InChI is InChI=1S/C22H34O6/c1-15-19(23)17(21(25)27-15)13-11-9-7-5-3-4-6-8-10-12-14-18-20(24)16(2)28-22(18)26/h13-16,19-20,23-24H,3-12H2,1-2H3/b17-13+,18-14+/t15-,16-,19+,20+/m0/s1. The van der Waals surface area contributed by atoms with E-state index in [2.05, 4.69) is 0 Å². The Balaban J connectivity index is 1.44. The van der Waals surface area contributed by atoms with Crippen LogP contribution in [0.15, 0.2) is 23.3 Å². The molecule has 2 N–H and O–H groups in total. The number of allylic oxidation sites excluding steroid dienone is 2. The topological polar surface area (TPSA) is 93.1 Å². The zero-order chi connectivity index (χ0) is 20.5. The molecule has 2 rings (SSSR count). The summed E-state index contributed by atoms with van der Waals surface area (Å²) in [6.07, 6.45) is 11.8. The molecule has 2 fully saturated rings. The van der Waals surface area contributed by atoms with Crippen molar-refractivity contribution in [3.63, 3.8) is 0 Å². The number of esters is 2. The highest BCUT2D eigenvalue weighted by Crippen LogP contribution is 2.23. The van der Waals surface area contributed by atoms with Gasteiger partial charge in [0.1, 0.15) is 24.4 Å². The van der Waals surface area contributed by atoms with E-state index in [4.69, 9.17) is 9.47 Å². The monoisotopic (exact) mass is 394 g/mol. The van der Waals surface area contributed by atoms with Crippen LogP contribution in [0.1, 0.15) is 78.1 Å². The average Bonchev–Trinajstić information content (AvgIpc) is 3.04. The molecule has 2 heterocycles. The van der Waals surface area contributed by atoms with Crippen molar-refractivity contribution < 1.29 is 29.3 Å². The summed E-state index contributed by atoms with van der Waals surface area (Å²) in [4.78, 5) is 23.1. The van der Waals surface area contributed by atoms with Crippen LogP contribution in [0, 0.1) is 0 Å². The number of rotatable bonds is 11. The van der Waals surface area contributed by atoms with E-state index < -0.39 is 24.4 Å². The van der Waals surface area contributed by atoms with Gasteiger partial charge in [0.25, 0.3) is 0 Å².